The van der Waals surface area contributed by atoms with Gasteiger partial charge in [-0.25, -0.2) is 0 Å². The number of nitrogens with zero attached hydrogens (tertiary/aromatic N) is 2. The average molecular weight is 107 g/mol. The molecule has 1 heterocycles. The van der Waals surface area contributed by atoms with Crippen LogP contribution >= 0.6 is 0 Å². The molecule has 1 rings (SSSR count). The molecule has 0 saturated heterocycles. The van der Waals surface area contributed by atoms with E-state index in [4.69, 9.17) is 5.26 Å². The van der Waals surface area contributed by atoms with Crippen molar-refractivity contribution in [2.75, 3.05) is 0 Å². The highest BCUT2D eigenvalue weighted by atomic mass is 16.5. The molecule has 39 valence electrons. The minimum Gasteiger partial charge on any atom is -0.192 e. The monoisotopic (exact) mass is 107 g/mol. The summed E-state index contributed by atoms with van der Waals surface area (Å²) in [4.78, 5) is 0. The van der Waals surface area contributed by atoms with E-state index in [1.165, 1.54) is 18.5 Å². The van der Waals surface area contributed by atoms with Gasteiger partial charge in [0, 0.05) is 6.20 Å². The van der Waals surface area contributed by atoms with Crippen molar-refractivity contribution < 1.29 is 5.21 Å². The zero-order valence-electron chi connectivity index (χ0n) is 4.03. The zero-order valence-corrected chi connectivity index (χ0v) is 4.03. The van der Waals surface area contributed by atoms with Crippen LogP contribution in [0.5, 0.6) is 0 Å². The lowest BCUT2D eigenvalue weighted by atomic mass is 10.4. The van der Waals surface area contributed by atoms with Gasteiger partial charge in [-0.1, -0.05) is 0 Å². The van der Waals surface area contributed by atoms with Crippen molar-refractivity contribution in [2.24, 2.45) is 0 Å². The Morgan fingerprint density at radius 2 is 2.50 bits per heavy atom. The van der Waals surface area contributed by atoms with E-state index < -0.39 is 0 Å². The van der Waals surface area contributed by atoms with Crippen molar-refractivity contribution >= 4 is 0 Å². The molecule has 0 unspecified atom stereocenters. The summed E-state index contributed by atoms with van der Waals surface area (Å²) in [6, 6.07) is 3.29. The van der Waals surface area contributed by atoms with E-state index in [0.29, 0.717) is 10.3 Å². The Morgan fingerprint density at radius 3 is 2.75 bits per heavy atom. The molecule has 0 amide bonds. The quantitative estimate of drug-likeness (QED) is 0.477. The van der Waals surface area contributed by atoms with Crippen LogP contribution in [-0.4, -0.2) is 4.73 Å². The summed E-state index contributed by atoms with van der Waals surface area (Å²) >= 11 is 0. The summed E-state index contributed by atoms with van der Waals surface area (Å²) in [6.45, 7) is 0. The van der Waals surface area contributed by atoms with Gasteiger partial charge in [0.2, 0.25) is 0 Å². The largest absolute Gasteiger partial charge is 0.192 e. The molecule has 0 bridgehead atoms. The van der Waals surface area contributed by atoms with Crippen molar-refractivity contribution in [1.29, 1.82) is 5.26 Å². The fourth-order valence-electron chi connectivity index (χ4n) is 0.443. The van der Waals surface area contributed by atoms with Gasteiger partial charge in [-0.3, -0.25) is 0 Å². The Morgan fingerprint density at radius 1 is 1.75 bits per heavy atom. The van der Waals surface area contributed by atoms with Gasteiger partial charge in [-0.05, 0) is 6.07 Å². The Balaban J connectivity index is 3.05. The molecule has 0 atom stereocenters. The van der Waals surface area contributed by atoms with Crippen molar-refractivity contribution in [1.82, 2.24) is 4.73 Å². The smallest absolute Gasteiger partial charge is 0.101 e. The van der Waals surface area contributed by atoms with Crippen molar-refractivity contribution in [2.45, 2.75) is 0 Å². The lowest BCUT2D eigenvalue weighted by molar-refractivity contribution is 0.0916. The first-order valence-corrected chi connectivity index (χ1v) is 2.08. The van der Waals surface area contributed by atoms with Gasteiger partial charge in [-0.15, -0.1) is 4.73 Å². The lowest BCUT2D eigenvalue weighted by Crippen LogP contribution is -1.76. The number of aromatic nitrogens is 1. The van der Waals surface area contributed by atoms with Crippen LogP contribution in [0.2, 0.25) is 0 Å². The molecular weight excluding hydrogens is 104 g/mol. The maximum atomic E-state index is 10.2. The molecule has 3 heteroatoms. The Labute approximate surface area is 46.4 Å². The molecule has 0 aliphatic carbocycles. The summed E-state index contributed by atoms with van der Waals surface area (Å²) in [5, 5.41) is 18.4. The highest BCUT2D eigenvalue weighted by molar-refractivity contribution is 5.24. The molecule has 1 aromatic heterocycles. The van der Waals surface area contributed by atoms with Crippen molar-refractivity contribution in [3.8, 4) is 6.07 Å². The van der Waals surface area contributed by atoms with E-state index in [1.807, 2.05) is 6.07 Å². The standard InChI is InChI=1S/C5H3N2O/c6-3-5-1-2-7(8)4-5/h1-2,4H. The van der Waals surface area contributed by atoms with Crippen LogP contribution in [0.3, 0.4) is 0 Å². The van der Waals surface area contributed by atoms with E-state index >= 15 is 0 Å². The fraction of sp³-hybridized carbons (Fsp3) is 0. The zero-order chi connectivity index (χ0) is 5.98. The van der Waals surface area contributed by atoms with Crippen LogP contribution in [0.4, 0.5) is 0 Å². The van der Waals surface area contributed by atoms with E-state index in [2.05, 4.69) is 0 Å². The van der Waals surface area contributed by atoms with E-state index in [0.717, 1.165) is 0 Å². The second-order valence-electron chi connectivity index (χ2n) is 1.37. The number of hydrogen-bond donors (Lipinski definition) is 0. The molecule has 0 aliphatic heterocycles. The molecule has 8 heavy (non-hydrogen) atoms. The van der Waals surface area contributed by atoms with E-state index in [9.17, 15) is 5.21 Å². The highest BCUT2D eigenvalue weighted by Crippen LogP contribution is 1.94. The van der Waals surface area contributed by atoms with Crippen LogP contribution in [-0.2, 0) is 5.21 Å². The Kier molecular flexibility index (Phi) is 0.935. The molecule has 0 aliphatic rings. The van der Waals surface area contributed by atoms with Gasteiger partial charge >= 0.3 is 0 Å². The lowest BCUT2D eigenvalue weighted by Gasteiger charge is -1.72. The number of rotatable bonds is 0. The molecule has 0 N–H and O–H groups in total. The van der Waals surface area contributed by atoms with E-state index in [-0.39, 0.29) is 0 Å². The molecule has 0 saturated carbocycles. The fourth-order valence-corrected chi connectivity index (χ4v) is 0.443. The summed E-state index contributed by atoms with van der Waals surface area (Å²) in [7, 11) is 0. The minimum atomic E-state index is 0.403. The maximum absolute atomic E-state index is 10.2. The van der Waals surface area contributed by atoms with Gasteiger partial charge in [0.1, 0.15) is 6.07 Å². The third kappa shape index (κ3) is 0.636. The van der Waals surface area contributed by atoms with E-state index in [1.54, 1.807) is 0 Å². The van der Waals surface area contributed by atoms with Gasteiger partial charge in [-0.2, -0.15) is 10.5 Å². The number of nitriles is 1. The van der Waals surface area contributed by atoms with Gasteiger partial charge in [0.05, 0.1) is 11.8 Å². The first-order valence-electron chi connectivity index (χ1n) is 2.08. The molecule has 0 fully saturated rings. The summed E-state index contributed by atoms with van der Waals surface area (Å²) in [5.74, 6) is 0. The van der Waals surface area contributed by atoms with Crippen molar-refractivity contribution in [3.05, 3.63) is 24.0 Å². The predicted molar refractivity (Wildman–Crippen MR) is 25.2 cm³/mol. The maximum Gasteiger partial charge on any atom is 0.101 e. The molecule has 0 aromatic carbocycles. The predicted octanol–water partition coefficient (Wildman–Crippen LogP) is 0.553. The van der Waals surface area contributed by atoms with Crippen LogP contribution in [0, 0.1) is 11.3 Å². The van der Waals surface area contributed by atoms with Gasteiger partial charge < -0.3 is 0 Å². The molecular formula is C5H3N2O. The topological polar surface area (TPSA) is 48.6 Å². The molecule has 1 aromatic rings. The molecule has 1 radical (unpaired) electrons. The summed E-state index contributed by atoms with van der Waals surface area (Å²) in [5.41, 5.74) is 0.403. The third-order valence-corrected chi connectivity index (χ3v) is 0.796. The van der Waals surface area contributed by atoms with Crippen LogP contribution in [0.25, 0.3) is 0 Å². The normalized spacial score (nSPS) is 8.38. The average Bonchev–Trinajstić information content (AvgIpc) is 2.14. The van der Waals surface area contributed by atoms with Crippen LogP contribution < -0.4 is 0 Å². The van der Waals surface area contributed by atoms with Crippen LogP contribution in [0.1, 0.15) is 5.56 Å². The Bertz CT molecular complexity index is 221. The van der Waals surface area contributed by atoms with Crippen molar-refractivity contribution in [3.63, 3.8) is 0 Å². The minimum absolute atomic E-state index is 0.403. The summed E-state index contributed by atoms with van der Waals surface area (Å²) < 4.78 is 0.596. The van der Waals surface area contributed by atoms with Crippen LogP contribution in [0.15, 0.2) is 18.5 Å². The second-order valence-corrected chi connectivity index (χ2v) is 1.37. The molecule has 0 spiro atoms. The second kappa shape index (κ2) is 1.58. The van der Waals surface area contributed by atoms with Gasteiger partial charge in [0.15, 0.2) is 0 Å². The van der Waals surface area contributed by atoms with Gasteiger partial charge in [0.25, 0.3) is 0 Å². The first kappa shape index (κ1) is 4.72. The highest BCUT2D eigenvalue weighted by Gasteiger charge is 1.90. The summed E-state index contributed by atoms with van der Waals surface area (Å²) in [6.07, 6.45) is 2.51. The number of hydrogen-bond acceptors (Lipinski definition) is 1. The third-order valence-electron chi connectivity index (χ3n) is 0.796. The molecule has 3 nitrogen and oxygen atoms in total. The SMILES string of the molecule is N#Cc1ccn([O])c1. The Hall–Kier alpha value is -1.43. The first-order chi connectivity index (χ1) is 3.83.